The van der Waals surface area contributed by atoms with Gasteiger partial charge in [0.2, 0.25) is 3.49 Å². The second-order valence-corrected chi connectivity index (χ2v) is 7.28. The number of esters is 1. The van der Waals surface area contributed by atoms with Crippen LogP contribution in [0.15, 0.2) is 24.3 Å². The van der Waals surface area contributed by atoms with E-state index in [2.05, 4.69) is 31.9 Å². The lowest BCUT2D eigenvalue weighted by atomic mass is 10.1. The number of hydrogen-bond acceptors (Lipinski definition) is 3. The van der Waals surface area contributed by atoms with E-state index < -0.39 is 3.49 Å². The molecule has 1 rings (SSSR count). The number of alkyl halides is 3. The predicted molar refractivity (Wildman–Crippen MR) is 73.3 cm³/mol. The fraction of sp³-hybridized carbons (Fsp3) is 0.417. The van der Waals surface area contributed by atoms with Crippen LogP contribution in [-0.4, -0.2) is 16.1 Å². The van der Waals surface area contributed by atoms with Crippen molar-refractivity contribution >= 4 is 37.8 Å². The van der Waals surface area contributed by atoms with Gasteiger partial charge in [0.25, 0.3) is 0 Å². The Morgan fingerprint density at radius 1 is 1.22 bits per heavy atom. The van der Waals surface area contributed by atoms with Gasteiger partial charge in [-0.25, -0.2) is 4.39 Å². The Bertz CT molecular complexity index is 387. The summed E-state index contributed by atoms with van der Waals surface area (Å²) in [4.78, 5) is 10.6. The first-order valence-electron chi connectivity index (χ1n) is 5.22. The SMILES string of the molecule is CC(=O)OCc1ccc(COCC(F)(Br)Br)cc1. The number of rotatable bonds is 6. The van der Waals surface area contributed by atoms with Crippen LogP contribution in [0.2, 0.25) is 0 Å². The first-order chi connectivity index (χ1) is 8.37. The van der Waals surface area contributed by atoms with E-state index in [1.54, 1.807) is 0 Å². The maximum atomic E-state index is 13.0. The molecule has 0 aromatic heterocycles. The molecule has 100 valence electrons. The maximum Gasteiger partial charge on any atom is 0.302 e. The van der Waals surface area contributed by atoms with Crippen LogP contribution in [0.4, 0.5) is 4.39 Å². The largest absolute Gasteiger partial charge is 0.461 e. The molecule has 1 aromatic rings. The zero-order valence-corrected chi connectivity index (χ0v) is 13.0. The van der Waals surface area contributed by atoms with Crippen molar-refractivity contribution in [1.82, 2.24) is 0 Å². The predicted octanol–water partition coefficient (Wildman–Crippen LogP) is 3.68. The van der Waals surface area contributed by atoms with Crippen molar-refractivity contribution in [3.8, 4) is 0 Å². The fourth-order valence-electron chi connectivity index (χ4n) is 1.20. The summed E-state index contributed by atoms with van der Waals surface area (Å²) in [5, 5.41) is 0. The molecule has 6 heteroatoms. The van der Waals surface area contributed by atoms with E-state index in [0.29, 0.717) is 6.61 Å². The Kier molecular flexibility index (Phi) is 6.25. The maximum absolute atomic E-state index is 13.0. The minimum Gasteiger partial charge on any atom is -0.461 e. The van der Waals surface area contributed by atoms with E-state index >= 15 is 0 Å². The van der Waals surface area contributed by atoms with E-state index in [0.717, 1.165) is 11.1 Å². The summed E-state index contributed by atoms with van der Waals surface area (Å²) in [6, 6.07) is 7.38. The van der Waals surface area contributed by atoms with Crippen molar-refractivity contribution in [2.75, 3.05) is 6.61 Å². The van der Waals surface area contributed by atoms with Crippen molar-refractivity contribution in [3.63, 3.8) is 0 Å². The van der Waals surface area contributed by atoms with Crippen LogP contribution in [-0.2, 0) is 27.5 Å². The van der Waals surface area contributed by atoms with Crippen LogP contribution in [0.25, 0.3) is 0 Å². The van der Waals surface area contributed by atoms with Crippen LogP contribution in [0.3, 0.4) is 0 Å². The van der Waals surface area contributed by atoms with Gasteiger partial charge in [0.1, 0.15) is 13.2 Å². The van der Waals surface area contributed by atoms with E-state index in [1.165, 1.54) is 6.92 Å². The van der Waals surface area contributed by atoms with E-state index in [-0.39, 0.29) is 19.2 Å². The molecule has 0 radical (unpaired) electrons. The van der Waals surface area contributed by atoms with Crippen molar-refractivity contribution < 1.29 is 18.7 Å². The molecular weight excluding hydrogens is 371 g/mol. The van der Waals surface area contributed by atoms with Gasteiger partial charge in [0.05, 0.1) is 6.61 Å². The molecule has 1 aromatic carbocycles. The van der Waals surface area contributed by atoms with Gasteiger partial charge in [0.15, 0.2) is 0 Å². The highest BCUT2D eigenvalue weighted by atomic mass is 79.9. The number of carbonyl (C=O) groups is 1. The van der Waals surface area contributed by atoms with Crippen LogP contribution >= 0.6 is 31.9 Å². The van der Waals surface area contributed by atoms with E-state index in [4.69, 9.17) is 9.47 Å². The minimum absolute atomic E-state index is 0.0950. The van der Waals surface area contributed by atoms with Gasteiger partial charge >= 0.3 is 5.97 Å². The molecule has 0 saturated heterocycles. The van der Waals surface area contributed by atoms with E-state index in [1.807, 2.05) is 24.3 Å². The summed E-state index contributed by atoms with van der Waals surface area (Å²) >= 11 is 5.55. The highest BCUT2D eigenvalue weighted by molar-refractivity contribution is 9.25. The zero-order valence-electron chi connectivity index (χ0n) is 9.79. The molecule has 0 spiro atoms. The van der Waals surface area contributed by atoms with Gasteiger partial charge in [-0.2, -0.15) is 0 Å². The third-order valence-electron chi connectivity index (χ3n) is 2.00. The second kappa shape index (κ2) is 7.21. The molecule has 0 amide bonds. The first-order valence-corrected chi connectivity index (χ1v) is 6.81. The van der Waals surface area contributed by atoms with Crippen molar-refractivity contribution in [2.24, 2.45) is 0 Å². The van der Waals surface area contributed by atoms with Crippen LogP contribution in [0, 0.1) is 0 Å². The number of hydrogen-bond donors (Lipinski definition) is 0. The van der Waals surface area contributed by atoms with Gasteiger partial charge in [-0.15, -0.1) is 0 Å². The van der Waals surface area contributed by atoms with Crippen LogP contribution in [0.5, 0.6) is 0 Å². The summed E-state index contributed by atoms with van der Waals surface area (Å²) in [6.07, 6.45) is 0. The highest BCUT2D eigenvalue weighted by Crippen LogP contribution is 2.28. The summed E-state index contributed by atoms with van der Waals surface area (Å²) in [7, 11) is 0. The molecular formula is C12H13Br2FO3. The molecule has 0 aliphatic heterocycles. The van der Waals surface area contributed by atoms with Crippen LogP contribution in [0.1, 0.15) is 18.1 Å². The lowest BCUT2D eigenvalue weighted by Gasteiger charge is -2.11. The topological polar surface area (TPSA) is 35.5 Å². The van der Waals surface area contributed by atoms with Crippen molar-refractivity contribution in [2.45, 2.75) is 23.6 Å². The third-order valence-corrected chi connectivity index (χ3v) is 2.46. The Morgan fingerprint density at radius 2 is 1.72 bits per heavy atom. The van der Waals surface area contributed by atoms with Crippen molar-refractivity contribution in [3.05, 3.63) is 35.4 Å². The quantitative estimate of drug-likeness (QED) is 0.555. The van der Waals surface area contributed by atoms with Crippen LogP contribution < -0.4 is 0 Å². The number of carbonyl (C=O) groups excluding carboxylic acids is 1. The average molecular weight is 384 g/mol. The van der Waals surface area contributed by atoms with Gasteiger partial charge in [0, 0.05) is 6.92 Å². The molecule has 3 nitrogen and oxygen atoms in total. The average Bonchev–Trinajstić information content (AvgIpc) is 2.26. The molecule has 0 aliphatic rings. The molecule has 0 unspecified atom stereocenters. The number of benzene rings is 1. The first kappa shape index (κ1) is 15.6. The molecule has 0 fully saturated rings. The van der Waals surface area contributed by atoms with Gasteiger partial charge in [-0.05, 0) is 43.0 Å². The zero-order chi connectivity index (χ0) is 13.6. The molecule has 0 atom stereocenters. The number of halogens is 3. The smallest absolute Gasteiger partial charge is 0.302 e. The Balaban J connectivity index is 2.38. The molecule has 18 heavy (non-hydrogen) atoms. The molecule has 0 aliphatic carbocycles. The van der Waals surface area contributed by atoms with Gasteiger partial charge < -0.3 is 9.47 Å². The molecule has 0 saturated carbocycles. The Morgan fingerprint density at radius 3 is 2.17 bits per heavy atom. The fourth-order valence-corrected chi connectivity index (χ4v) is 1.53. The Hall–Kier alpha value is -0.460. The summed E-state index contributed by atoms with van der Waals surface area (Å²) in [5.41, 5.74) is 1.82. The molecule has 0 heterocycles. The summed E-state index contributed by atoms with van der Waals surface area (Å²) in [6.45, 7) is 1.84. The molecule has 0 N–H and O–H groups in total. The Labute approximate surface area is 122 Å². The van der Waals surface area contributed by atoms with Crippen molar-refractivity contribution in [1.29, 1.82) is 0 Å². The summed E-state index contributed by atoms with van der Waals surface area (Å²) < 4.78 is 21.3. The van der Waals surface area contributed by atoms with Gasteiger partial charge in [-0.3, -0.25) is 4.79 Å². The van der Waals surface area contributed by atoms with E-state index in [9.17, 15) is 9.18 Å². The molecule has 0 bridgehead atoms. The minimum atomic E-state index is -1.69. The van der Waals surface area contributed by atoms with Gasteiger partial charge in [-0.1, -0.05) is 24.3 Å². The highest BCUT2D eigenvalue weighted by Gasteiger charge is 2.20. The lowest BCUT2D eigenvalue weighted by molar-refractivity contribution is -0.142. The normalized spacial score (nSPS) is 11.3. The second-order valence-electron chi connectivity index (χ2n) is 3.70. The lowest BCUT2D eigenvalue weighted by Crippen LogP contribution is -2.12. The number of ether oxygens (including phenoxy) is 2. The third kappa shape index (κ3) is 7.08. The standard InChI is InChI=1S/C12H13Br2FO3/c1-9(16)18-7-11-4-2-10(3-5-11)6-17-8-12(13,14)15/h2-5H,6-8H2,1H3. The monoisotopic (exact) mass is 382 g/mol. The summed E-state index contributed by atoms with van der Waals surface area (Å²) in [5.74, 6) is -0.309.